The van der Waals surface area contributed by atoms with Gasteiger partial charge in [0.15, 0.2) is 5.82 Å². The number of H-pyrrole nitrogens is 1. The predicted octanol–water partition coefficient (Wildman–Crippen LogP) is -0.247. The smallest absolute Gasteiger partial charge is 0.264 e. The Kier molecular flexibility index (Phi) is 2.23. The fourth-order valence-corrected chi connectivity index (χ4v) is 0.685. The second-order valence-corrected chi connectivity index (χ2v) is 2.36. The summed E-state index contributed by atoms with van der Waals surface area (Å²) >= 11 is 0. The molecule has 5 heteroatoms. The predicted molar refractivity (Wildman–Crippen MR) is 43.9 cm³/mol. The third-order valence-corrected chi connectivity index (χ3v) is 1.48. The number of nitrogens with one attached hydrogen (secondary N) is 1. The van der Waals surface area contributed by atoms with E-state index in [2.05, 4.69) is 10.2 Å². The van der Waals surface area contributed by atoms with E-state index in [4.69, 9.17) is 0 Å². The second-order valence-electron chi connectivity index (χ2n) is 2.36. The molecule has 1 aromatic rings. The highest BCUT2D eigenvalue weighted by Gasteiger charge is 2.05. The molecule has 0 fully saturated rings. The maximum Gasteiger partial charge on any atom is 0.264 e. The van der Waals surface area contributed by atoms with Gasteiger partial charge in [-0.1, -0.05) is 0 Å². The van der Waals surface area contributed by atoms with Gasteiger partial charge in [0.2, 0.25) is 5.91 Å². The van der Waals surface area contributed by atoms with E-state index in [0.717, 1.165) is 0 Å². The summed E-state index contributed by atoms with van der Waals surface area (Å²) in [6.45, 7) is 1.42. The molecule has 1 aromatic heterocycles. The third kappa shape index (κ3) is 1.69. The van der Waals surface area contributed by atoms with Crippen LogP contribution in [-0.2, 0) is 4.79 Å². The average molecular weight is 167 g/mol. The van der Waals surface area contributed by atoms with E-state index in [0.29, 0.717) is 5.82 Å². The minimum Gasteiger partial charge on any atom is -0.299 e. The van der Waals surface area contributed by atoms with Crippen LogP contribution in [0.25, 0.3) is 0 Å². The van der Waals surface area contributed by atoms with Crippen molar-refractivity contribution in [2.75, 3.05) is 11.9 Å². The monoisotopic (exact) mass is 167 g/mol. The number of nitrogens with zero attached hydrogens (tertiary/aromatic N) is 2. The quantitative estimate of drug-likeness (QED) is 0.627. The minimum atomic E-state index is -0.282. The zero-order valence-corrected chi connectivity index (χ0v) is 6.87. The van der Waals surface area contributed by atoms with Gasteiger partial charge in [0.25, 0.3) is 5.56 Å². The van der Waals surface area contributed by atoms with Crippen LogP contribution in [0.2, 0.25) is 0 Å². The van der Waals surface area contributed by atoms with E-state index < -0.39 is 0 Å². The van der Waals surface area contributed by atoms with Crippen molar-refractivity contribution in [3.63, 3.8) is 0 Å². The molecule has 0 atom stereocenters. The van der Waals surface area contributed by atoms with Crippen LogP contribution in [0.15, 0.2) is 16.9 Å². The molecule has 0 aliphatic carbocycles. The molecule has 0 aliphatic rings. The molecule has 0 radical (unpaired) electrons. The zero-order valence-electron chi connectivity index (χ0n) is 6.87. The van der Waals surface area contributed by atoms with E-state index in [1.807, 2.05) is 0 Å². The molecule has 0 saturated carbocycles. The lowest BCUT2D eigenvalue weighted by molar-refractivity contribution is -0.116. The summed E-state index contributed by atoms with van der Waals surface area (Å²) in [5.41, 5.74) is -0.282. The molecular formula is C7H9N3O2. The van der Waals surface area contributed by atoms with E-state index in [9.17, 15) is 9.59 Å². The first kappa shape index (κ1) is 8.45. The average Bonchev–Trinajstić information content (AvgIpc) is 2.04. The first-order chi connectivity index (χ1) is 5.61. The minimum absolute atomic E-state index is 0.130. The molecule has 0 unspecified atom stereocenters. The van der Waals surface area contributed by atoms with Crippen LogP contribution in [0.1, 0.15) is 6.92 Å². The Labute approximate surface area is 69.0 Å². The van der Waals surface area contributed by atoms with Gasteiger partial charge in [0.05, 0.1) is 0 Å². The molecule has 1 heterocycles. The van der Waals surface area contributed by atoms with Crippen molar-refractivity contribution < 1.29 is 4.79 Å². The van der Waals surface area contributed by atoms with Crippen LogP contribution < -0.4 is 10.5 Å². The lowest BCUT2D eigenvalue weighted by Crippen LogP contribution is -2.25. The van der Waals surface area contributed by atoms with E-state index in [1.54, 1.807) is 7.05 Å². The second kappa shape index (κ2) is 3.17. The first-order valence-corrected chi connectivity index (χ1v) is 3.41. The van der Waals surface area contributed by atoms with Crippen LogP contribution >= 0.6 is 0 Å². The van der Waals surface area contributed by atoms with Gasteiger partial charge in [-0.2, -0.15) is 5.10 Å². The van der Waals surface area contributed by atoms with E-state index >= 15 is 0 Å². The summed E-state index contributed by atoms with van der Waals surface area (Å²) < 4.78 is 0. The highest BCUT2D eigenvalue weighted by atomic mass is 16.2. The molecule has 0 saturated heterocycles. The SMILES string of the molecule is CC(=O)N(C)c1ccc(=O)[nH]n1. The summed E-state index contributed by atoms with van der Waals surface area (Å²) in [5.74, 6) is 0.302. The fraction of sp³-hybridized carbons (Fsp3) is 0.286. The molecule has 0 aliphatic heterocycles. The van der Waals surface area contributed by atoms with Crippen LogP contribution in [0, 0.1) is 0 Å². The van der Waals surface area contributed by atoms with Crippen molar-refractivity contribution in [2.45, 2.75) is 6.92 Å². The van der Waals surface area contributed by atoms with Gasteiger partial charge in [-0.3, -0.25) is 14.5 Å². The standard InChI is InChI=1S/C7H9N3O2/c1-5(11)10(2)6-3-4-7(12)9-8-6/h3-4H,1-2H3,(H,9,12). The molecular weight excluding hydrogens is 158 g/mol. The van der Waals surface area contributed by atoms with Crippen LogP contribution in [0.3, 0.4) is 0 Å². The fourth-order valence-electron chi connectivity index (χ4n) is 0.685. The Bertz CT molecular complexity index is 324. The highest BCUT2D eigenvalue weighted by Crippen LogP contribution is 2.02. The number of amides is 1. The Morgan fingerprint density at radius 2 is 2.25 bits per heavy atom. The zero-order chi connectivity index (χ0) is 9.14. The molecule has 0 spiro atoms. The van der Waals surface area contributed by atoms with Gasteiger partial charge >= 0.3 is 0 Å². The number of hydrogen-bond donors (Lipinski definition) is 1. The Hall–Kier alpha value is -1.65. The van der Waals surface area contributed by atoms with Crippen molar-refractivity contribution in [3.05, 3.63) is 22.5 Å². The number of carbonyl (C=O) groups excluding carboxylic acids is 1. The molecule has 64 valence electrons. The number of rotatable bonds is 1. The third-order valence-electron chi connectivity index (χ3n) is 1.48. The molecule has 1 amide bonds. The number of aromatic amines is 1. The van der Waals surface area contributed by atoms with E-state index in [1.165, 1.54) is 24.0 Å². The summed E-state index contributed by atoms with van der Waals surface area (Å²) in [7, 11) is 1.59. The molecule has 12 heavy (non-hydrogen) atoms. The Morgan fingerprint density at radius 3 is 2.67 bits per heavy atom. The maximum absolute atomic E-state index is 10.8. The Balaban J connectivity index is 2.97. The van der Waals surface area contributed by atoms with Gasteiger partial charge < -0.3 is 0 Å². The normalized spacial score (nSPS) is 9.50. The van der Waals surface area contributed by atoms with Crippen LogP contribution in [0.5, 0.6) is 0 Å². The Morgan fingerprint density at radius 1 is 1.58 bits per heavy atom. The summed E-state index contributed by atoms with van der Waals surface area (Å²) in [4.78, 5) is 22.8. The number of aromatic nitrogens is 2. The first-order valence-electron chi connectivity index (χ1n) is 3.41. The lowest BCUT2D eigenvalue weighted by atomic mass is 10.5. The van der Waals surface area contributed by atoms with Crippen molar-refractivity contribution >= 4 is 11.7 Å². The van der Waals surface area contributed by atoms with Gasteiger partial charge in [-0.05, 0) is 6.07 Å². The molecule has 0 aromatic carbocycles. The van der Waals surface area contributed by atoms with Crippen molar-refractivity contribution in [2.24, 2.45) is 0 Å². The molecule has 1 N–H and O–H groups in total. The highest BCUT2D eigenvalue weighted by molar-refractivity contribution is 5.89. The van der Waals surface area contributed by atoms with Gasteiger partial charge in [-0.15, -0.1) is 0 Å². The largest absolute Gasteiger partial charge is 0.299 e. The molecule has 5 nitrogen and oxygen atoms in total. The molecule has 0 bridgehead atoms. The van der Waals surface area contributed by atoms with Gasteiger partial charge in [0, 0.05) is 20.0 Å². The summed E-state index contributed by atoms with van der Waals surface area (Å²) in [6.07, 6.45) is 0. The van der Waals surface area contributed by atoms with Crippen molar-refractivity contribution in [1.29, 1.82) is 0 Å². The number of carbonyl (C=O) groups is 1. The van der Waals surface area contributed by atoms with Gasteiger partial charge in [0.1, 0.15) is 0 Å². The maximum atomic E-state index is 10.8. The van der Waals surface area contributed by atoms with Crippen LogP contribution in [-0.4, -0.2) is 23.2 Å². The van der Waals surface area contributed by atoms with Crippen LogP contribution in [0.4, 0.5) is 5.82 Å². The topological polar surface area (TPSA) is 66.1 Å². The van der Waals surface area contributed by atoms with Crippen molar-refractivity contribution in [3.8, 4) is 0 Å². The molecule has 1 rings (SSSR count). The summed E-state index contributed by atoms with van der Waals surface area (Å²) in [5, 5.41) is 5.90. The summed E-state index contributed by atoms with van der Waals surface area (Å²) in [6, 6.07) is 2.81. The van der Waals surface area contributed by atoms with Crippen molar-refractivity contribution in [1.82, 2.24) is 10.2 Å². The lowest BCUT2D eigenvalue weighted by Gasteiger charge is -2.11. The number of hydrogen-bond acceptors (Lipinski definition) is 3. The number of anilines is 1. The van der Waals surface area contributed by atoms with Gasteiger partial charge in [-0.25, -0.2) is 5.10 Å². The van der Waals surface area contributed by atoms with E-state index in [-0.39, 0.29) is 11.5 Å².